The van der Waals surface area contributed by atoms with Crippen molar-refractivity contribution in [2.24, 2.45) is 0 Å². The molecule has 11 heteroatoms. The number of carbonyl (C=O) groups is 2. The Kier molecular flexibility index (Phi) is 8.77. The first kappa shape index (κ1) is 25.8. The third-order valence-corrected chi connectivity index (χ3v) is 6.65. The molecular weight excluding hydrogens is 477 g/mol. The minimum Gasteiger partial charge on any atom is -0.497 e. The largest absolute Gasteiger partial charge is 0.497 e. The van der Waals surface area contributed by atoms with Gasteiger partial charge in [-0.2, -0.15) is 0 Å². The van der Waals surface area contributed by atoms with E-state index in [4.69, 9.17) is 27.9 Å². The van der Waals surface area contributed by atoms with E-state index in [0.717, 1.165) is 10.6 Å². The van der Waals surface area contributed by atoms with Crippen LogP contribution in [-0.4, -0.2) is 58.1 Å². The van der Waals surface area contributed by atoms with Crippen LogP contribution in [-0.2, 0) is 26.2 Å². The number of carbonyl (C=O) groups excluding carboxylic acids is 2. The highest BCUT2D eigenvalue weighted by Gasteiger charge is 2.30. The fourth-order valence-corrected chi connectivity index (χ4v) is 4.17. The zero-order valence-electron chi connectivity index (χ0n) is 18.1. The summed E-state index contributed by atoms with van der Waals surface area (Å²) >= 11 is 12.1. The summed E-state index contributed by atoms with van der Waals surface area (Å²) in [6.07, 6.45) is 1.01. The number of amides is 2. The fourth-order valence-electron chi connectivity index (χ4n) is 3.01. The van der Waals surface area contributed by atoms with Crippen molar-refractivity contribution in [3.05, 3.63) is 58.1 Å². The molecule has 0 heterocycles. The molecule has 0 saturated heterocycles. The molecule has 0 saturated carbocycles. The molecule has 0 aliphatic rings. The first-order valence-corrected chi connectivity index (χ1v) is 12.1. The van der Waals surface area contributed by atoms with Crippen molar-refractivity contribution in [3.8, 4) is 5.75 Å². The Labute approximate surface area is 198 Å². The maximum Gasteiger partial charge on any atom is 0.244 e. The Morgan fingerprint density at radius 1 is 1.12 bits per heavy atom. The first-order chi connectivity index (χ1) is 15.0. The maximum atomic E-state index is 13.3. The van der Waals surface area contributed by atoms with E-state index in [0.29, 0.717) is 21.4 Å². The zero-order chi connectivity index (χ0) is 24.1. The lowest BCUT2D eigenvalue weighted by Gasteiger charge is -2.31. The molecule has 1 atom stereocenters. The monoisotopic (exact) mass is 501 g/mol. The van der Waals surface area contributed by atoms with Crippen molar-refractivity contribution < 1.29 is 22.7 Å². The zero-order valence-corrected chi connectivity index (χ0v) is 20.5. The molecule has 0 spiro atoms. The van der Waals surface area contributed by atoms with Crippen LogP contribution < -0.4 is 14.4 Å². The van der Waals surface area contributed by atoms with E-state index in [9.17, 15) is 18.0 Å². The number of nitrogens with one attached hydrogen (secondary N) is 1. The number of methoxy groups -OCH3 is 1. The Morgan fingerprint density at radius 3 is 2.38 bits per heavy atom. The minimum absolute atomic E-state index is 0.0278. The number of likely N-dealkylation sites (N-methyl/N-ethyl adjacent to an activating group) is 1. The summed E-state index contributed by atoms with van der Waals surface area (Å²) in [6.45, 7) is 1.08. The fraction of sp³-hybridized carbons (Fsp3) is 0.333. The molecule has 0 aliphatic heterocycles. The van der Waals surface area contributed by atoms with Crippen LogP contribution in [0.5, 0.6) is 5.75 Å². The molecule has 174 valence electrons. The van der Waals surface area contributed by atoms with Gasteiger partial charge in [-0.3, -0.25) is 13.9 Å². The lowest BCUT2D eigenvalue weighted by atomic mass is 10.1. The van der Waals surface area contributed by atoms with Crippen LogP contribution in [0.3, 0.4) is 0 Å². The maximum absolute atomic E-state index is 13.3. The van der Waals surface area contributed by atoms with Crippen LogP contribution in [0, 0.1) is 0 Å². The number of sulfonamides is 1. The van der Waals surface area contributed by atoms with Crippen molar-refractivity contribution >= 4 is 50.7 Å². The minimum atomic E-state index is -3.82. The van der Waals surface area contributed by atoms with Gasteiger partial charge in [0.05, 0.1) is 29.1 Å². The topological polar surface area (TPSA) is 96.0 Å². The molecule has 0 bridgehead atoms. The van der Waals surface area contributed by atoms with Crippen LogP contribution in [0.1, 0.15) is 12.5 Å². The molecule has 2 aromatic carbocycles. The molecule has 2 amide bonds. The van der Waals surface area contributed by atoms with Gasteiger partial charge in [-0.05, 0) is 36.8 Å². The van der Waals surface area contributed by atoms with E-state index in [1.807, 2.05) is 0 Å². The van der Waals surface area contributed by atoms with Crippen molar-refractivity contribution in [1.29, 1.82) is 0 Å². The van der Waals surface area contributed by atoms with Gasteiger partial charge in [-0.25, -0.2) is 8.42 Å². The molecule has 0 radical (unpaired) electrons. The third-order valence-electron chi connectivity index (χ3n) is 4.77. The molecule has 1 N–H and O–H groups in total. The van der Waals surface area contributed by atoms with Gasteiger partial charge in [0.2, 0.25) is 21.8 Å². The van der Waals surface area contributed by atoms with E-state index in [1.54, 1.807) is 43.3 Å². The van der Waals surface area contributed by atoms with Gasteiger partial charge in [0.15, 0.2) is 0 Å². The van der Waals surface area contributed by atoms with Crippen LogP contribution in [0.25, 0.3) is 0 Å². The summed E-state index contributed by atoms with van der Waals surface area (Å²) in [5.41, 5.74) is 0.901. The number of hydrogen-bond acceptors (Lipinski definition) is 5. The second-order valence-electron chi connectivity index (χ2n) is 7.03. The van der Waals surface area contributed by atoms with Crippen LogP contribution in [0.2, 0.25) is 10.0 Å². The molecule has 32 heavy (non-hydrogen) atoms. The summed E-state index contributed by atoms with van der Waals surface area (Å²) in [7, 11) is -0.902. The lowest BCUT2D eigenvalue weighted by molar-refractivity contribution is -0.139. The van der Waals surface area contributed by atoms with Gasteiger partial charge < -0.3 is 15.0 Å². The molecule has 0 aromatic heterocycles. The van der Waals surface area contributed by atoms with E-state index in [2.05, 4.69) is 5.32 Å². The first-order valence-electron chi connectivity index (χ1n) is 9.54. The van der Waals surface area contributed by atoms with Crippen molar-refractivity contribution in [2.75, 3.05) is 31.3 Å². The highest BCUT2D eigenvalue weighted by molar-refractivity contribution is 7.92. The second kappa shape index (κ2) is 10.9. The van der Waals surface area contributed by atoms with Gasteiger partial charge in [0.1, 0.15) is 18.3 Å². The number of halogens is 2. The Hall–Kier alpha value is -2.49. The summed E-state index contributed by atoms with van der Waals surface area (Å²) in [6, 6.07) is 10.4. The molecule has 8 nitrogen and oxygen atoms in total. The predicted molar refractivity (Wildman–Crippen MR) is 126 cm³/mol. The summed E-state index contributed by atoms with van der Waals surface area (Å²) in [4.78, 5) is 26.9. The number of benzene rings is 2. The molecular formula is C21H25Cl2N3O5S. The van der Waals surface area contributed by atoms with Gasteiger partial charge in [0, 0.05) is 19.7 Å². The van der Waals surface area contributed by atoms with Gasteiger partial charge in [-0.1, -0.05) is 35.3 Å². The SMILES string of the molecule is CNC(=O)[C@H](C)N(Cc1ccc(Cl)c(Cl)c1)C(=O)CN(c1cccc(OC)c1)S(C)(=O)=O. The summed E-state index contributed by atoms with van der Waals surface area (Å²) in [5, 5.41) is 3.17. The van der Waals surface area contributed by atoms with Crippen LogP contribution >= 0.6 is 23.2 Å². The Balaban J connectivity index is 2.41. The average Bonchev–Trinajstić information content (AvgIpc) is 2.76. The normalized spacial score (nSPS) is 12.1. The summed E-state index contributed by atoms with van der Waals surface area (Å²) < 4.78 is 31.1. The van der Waals surface area contributed by atoms with Gasteiger partial charge >= 0.3 is 0 Å². The molecule has 0 aliphatic carbocycles. The lowest BCUT2D eigenvalue weighted by Crippen LogP contribution is -2.50. The van der Waals surface area contributed by atoms with Crippen LogP contribution in [0.15, 0.2) is 42.5 Å². The second-order valence-corrected chi connectivity index (χ2v) is 9.75. The standard InChI is InChI=1S/C21H25Cl2N3O5S/c1-14(21(28)24-2)25(12-15-8-9-18(22)19(23)10-15)20(27)13-26(32(4,29)30)16-6-5-7-17(11-16)31-3/h5-11,14H,12-13H2,1-4H3,(H,24,28)/t14-/m0/s1. The summed E-state index contributed by atoms with van der Waals surface area (Å²) in [5.74, 6) is -0.527. The van der Waals surface area contributed by atoms with E-state index in [1.165, 1.54) is 25.1 Å². The molecule has 0 fully saturated rings. The molecule has 0 unspecified atom stereocenters. The predicted octanol–water partition coefficient (Wildman–Crippen LogP) is 2.93. The van der Waals surface area contributed by atoms with Gasteiger partial charge in [-0.15, -0.1) is 0 Å². The number of anilines is 1. The number of ether oxygens (including phenoxy) is 1. The smallest absolute Gasteiger partial charge is 0.244 e. The van der Waals surface area contributed by atoms with Gasteiger partial charge in [0.25, 0.3) is 0 Å². The van der Waals surface area contributed by atoms with Crippen molar-refractivity contribution in [3.63, 3.8) is 0 Å². The third kappa shape index (κ3) is 6.51. The quantitative estimate of drug-likeness (QED) is 0.569. The number of rotatable bonds is 9. The number of nitrogens with zero attached hydrogens (tertiary/aromatic N) is 2. The highest BCUT2D eigenvalue weighted by Crippen LogP contribution is 2.25. The van der Waals surface area contributed by atoms with Crippen molar-refractivity contribution in [1.82, 2.24) is 10.2 Å². The van der Waals surface area contributed by atoms with E-state index in [-0.39, 0.29) is 12.2 Å². The molecule has 2 aromatic rings. The Morgan fingerprint density at radius 2 is 1.81 bits per heavy atom. The molecule has 2 rings (SSSR count). The van der Waals surface area contributed by atoms with E-state index < -0.39 is 34.4 Å². The average molecular weight is 502 g/mol. The van der Waals surface area contributed by atoms with Crippen molar-refractivity contribution in [2.45, 2.75) is 19.5 Å². The highest BCUT2D eigenvalue weighted by atomic mass is 35.5. The Bertz CT molecular complexity index is 1090. The number of hydrogen-bond donors (Lipinski definition) is 1. The van der Waals surface area contributed by atoms with E-state index >= 15 is 0 Å². The van der Waals surface area contributed by atoms with Crippen LogP contribution in [0.4, 0.5) is 5.69 Å².